The fraction of sp³-hybridized carbons (Fsp3) is 0.0667. The molecule has 0 saturated carbocycles. The van der Waals surface area contributed by atoms with Gasteiger partial charge >= 0.3 is 5.97 Å². The molecule has 2 aromatic carbocycles. The molecule has 8 heteroatoms. The van der Waals surface area contributed by atoms with E-state index in [-0.39, 0.29) is 22.9 Å². The lowest BCUT2D eigenvalue weighted by molar-refractivity contribution is -0.118. The summed E-state index contributed by atoms with van der Waals surface area (Å²) < 4.78 is 5.26. The maximum atomic E-state index is 11.8. The first-order chi connectivity index (χ1) is 10.9. The molecule has 120 valence electrons. The van der Waals surface area contributed by atoms with Gasteiger partial charge in [0.05, 0.1) is 20.6 Å². The highest BCUT2D eigenvalue weighted by atomic mass is 35.5. The molecule has 0 aromatic heterocycles. The Hall–Kier alpha value is -1.95. The van der Waals surface area contributed by atoms with E-state index in [2.05, 4.69) is 5.32 Å². The largest absolute Gasteiger partial charge is 0.482 e. The normalized spacial score (nSPS) is 10.2. The Kier molecular flexibility index (Phi) is 5.71. The number of carbonyl (C=O) groups excluding carboxylic acids is 1. The second-order valence-corrected chi connectivity index (χ2v) is 5.64. The first kappa shape index (κ1) is 17.4. The number of carboxylic acid groups (broad SMARTS) is 1. The lowest BCUT2D eigenvalue weighted by Crippen LogP contribution is -2.20. The summed E-state index contributed by atoms with van der Waals surface area (Å²) >= 11 is 17.5. The lowest BCUT2D eigenvalue weighted by atomic mass is 10.2. The minimum absolute atomic E-state index is 0.0302. The van der Waals surface area contributed by atoms with Crippen molar-refractivity contribution in [2.24, 2.45) is 0 Å². The molecule has 0 aliphatic carbocycles. The Bertz CT molecular complexity index is 764. The number of ether oxygens (including phenoxy) is 1. The molecule has 23 heavy (non-hydrogen) atoms. The van der Waals surface area contributed by atoms with Crippen molar-refractivity contribution >= 4 is 52.4 Å². The van der Waals surface area contributed by atoms with Gasteiger partial charge < -0.3 is 15.2 Å². The first-order valence-corrected chi connectivity index (χ1v) is 7.41. The Morgan fingerprint density at radius 1 is 1.00 bits per heavy atom. The fourth-order valence-electron chi connectivity index (χ4n) is 1.67. The van der Waals surface area contributed by atoms with E-state index >= 15 is 0 Å². The number of amides is 1. The molecule has 0 bridgehead atoms. The molecule has 0 atom stereocenters. The smallest absolute Gasteiger partial charge is 0.335 e. The van der Waals surface area contributed by atoms with Crippen molar-refractivity contribution in [3.05, 3.63) is 57.0 Å². The molecule has 0 saturated heterocycles. The number of carbonyl (C=O) groups is 2. The van der Waals surface area contributed by atoms with Crippen molar-refractivity contribution in [2.75, 3.05) is 11.9 Å². The summed E-state index contributed by atoms with van der Waals surface area (Å²) in [5.41, 5.74) is 0.503. The molecule has 5 nitrogen and oxygen atoms in total. The number of carboxylic acids is 1. The maximum Gasteiger partial charge on any atom is 0.335 e. The molecule has 0 unspecified atom stereocenters. The summed E-state index contributed by atoms with van der Waals surface area (Å²) in [4.78, 5) is 22.6. The number of rotatable bonds is 5. The van der Waals surface area contributed by atoms with E-state index < -0.39 is 11.9 Å². The van der Waals surface area contributed by atoms with Gasteiger partial charge in [0.15, 0.2) is 6.61 Å². The molecule has 0 aliphatic heterocycles. The van der Waals surface area contributed by atoms with Crippen molar-refractivity contribution in [2.45, 2.75) is 0 Å². The van der Waals surface area contributed by atoms with Crippen molar-refractivity contribution < 1.29 is 19.4 Å². The summed E-state index contributed by atoms with van der Waals surface area (Å²) in [6.07, 6.45) is 0. The number of halogens is 3. The summed E-state index contributed by atoms with van der Waals surface area (Å²) in [6, 6.07) is 8.63. The SMILES string of the molecule is O=C(COc1ccc(C(=O)O)cc1Cl)Nc1ccc(Cl)c(Cl)c1. The van der Waals surface area contributed by atoms with Gasteiger partial charge in [-0.1, -0.05) is 34.8 Å². The van der Waals surface area contributed by atoms with Crippen molar-refractivity contribution in [3.8, 4) is 5.75 Å². The van der Waals surface area contributed by atoms with E-state index in [9.17, 15) is 9.59 Å². The minimum Gasteiger partial charge on any atom is -0.482 e. The predicted octanol–water partition coefficient (Wildman–Crippen LogP) is 4.36. The number of hydrogen-bond acceptors (Lipinski definition) is 3. The zero-order chi connectivity index (χ0) is 17.0. The van der Waals surface area contributed by atoms with Crippen LogP contribution in [0.5, 0.6) is 5.75 Å². The third kappa shape index (κ3) is 4.76. The van der Waals surface area contributed by atoms with Crippen LogP contribution in [0.1, 0.15) is 10.4 Å². The molecular formula is C15H10Cl3NO4. The van der Waals surface area contributed by atoms with Crippen LogP contribution in [0.15, 0.2) is 36.4 Å². The second-order valence-electron chi connectivity index (χ2n) is 4.42. The number of hydrogen-bond donors (Lipinski definition) is 2. The van der Waals surface area contributed by atoms with Crippen LogP contribution in [0.3, 0.4) is 0 Å². The predicted molar refractivity (Wildman–Crippen MR) is 89.0 cm³/mol. The third-order valence-electron chi connectivity index (χ3n) is 2.74. The van der Waals surface area contributed by atoms with E-state index in [0.717, 1.165) is 0 Å². The Balaban J connectivity index is 1.96. The Morgan fingerprint density at radius 3 is 2.35 bits per heavy atom. The van der Waals surface area contributed by atoms with E-state index in [0.29, 0.717) is 15.7 Å². The minimum atomic E-state index is -1.10. The van der Waals surface area contributed by atoms with Crippen LogP contribution >= 0.6 is 34.8 Å². The molecular weight excluding hydrogens is 365 g/mol. The molecule has 0 heterocycles. The molecule has 0 spiro atoms. The van der Waals surface area contributed by atoms with Gasteiger partial charge in [-0.3, -0.25) is 4.79 Å². The van der Waals surface area contributed by atoms with Crippen molar-refractivity contribution in [1.82, 2.24) is 0 Å². The lowest BCUT2D eigenvalue weighted by Gasteiger charge is -2.09. The van der Waals surface area contributed by atoms with Gasteiger partial charge in [0.1, 0.15) is 5.75 Å². The van der Waals surface area contributed by atoms with Gasteiger partial charge in [-0.05, 0) is 36.4 Å². The molecule has 0 fully saturated rings. The van der Waals surface area contributed by atoms with Crippen molar-refractivity contribution in [3.63, 3.8) is 0 Å². The standard InChI is InChI=1S/C15H10Cl3NO4/c16-10-3-2-9(6-11(10)17)19-14(20)7-23-13-4-1-8(15(21)22)5-12(13)18/h1-6H,7H2,(H,19,20)(H,21,22). The number of anilines is 1. The highest BCUT2D eigenvalue weighted by Crippen LogP contribution is 2.26. The average Bonchev–Trinajstić information content (AvgIpc) is 2.49. The van der Waals surface area contributed by atoms with Gasteiger partial charge in [0, 0.05) is 5.69 Å². The monoisotopic (exact) mass is 373 g/mol. The maximum absolute atomic E-state index is 11.8. The van der Waals surface area contributed by atoms with E-state index in [4.69, 9.17) is 44.6 Å². The van der Waals surface area contributed by atoms with Crippen LogP contribution in [0.25, 0.3) is 0 Å². The molecule has 2 rings (SSSR count). The van der Waals surface area contributed by atoms with Gasteiger partial charge in [0.25, 0.3) is 5.91 Å². The summed E-state index contributed by atoms with van der Waals surface area (Å²) in [6.45, 7) is -0.299. The number of nitrogens with one attached hydrogen (secondary N) is 1. The highest BCUT2D eigenvalue weighted by molar-refractivity contribution is 6.42. The highest BCUT2D eigenvalue weighted by Gasteiger charge is 2.10. The zero-order valence-electron chi connectivity index (χ0n) is 11.5. The molecule has 0 aliphatic rings. The quantitative estimate of drug-likeness (QED) is 0.815. The molecule has 0 radical (unpaired) electrons. The number of aromatic carboxylic acids is 1. The van der Waals surface area contributed by atoms with E-state index in [1.807, 2.05) is 0 Å². The van der Waals surface area contributed by atoms with Crippen LogP contribution in [-0.2, 0) is 4.79 Å². The average molecular weight is 375 g/mol. The number of benzene rings is 2. The molecule has 2 N–H and O–H groups in total. The van der Waals surface area contributed by atoms with Crippen LogP contribution in [0.2, 0.25) is 15.1 Å². The Morgan fingerprint density at radius 2 is 1.74 bits per heavy atom. The van der Waals surface area contributed by atoms with Crippen LogP contribution in [-0.4, -0.2) is 23.6 Å². The van der Waals surface area contributed by atoms with Crippen LogP contribution < -0.4 is 10.1 Å². The molecule has 1 amide bonds. The van der Waals surface area contributed by atoms with Crippen LogP contribution in [0.4, 0.5) is 5.69 Å². The topological polar surface area (TPSA) is 75.6 Å². The van der Waals surface area contributed by atoms with Gasteiger partial charge in [-0.15, -0.1) is 0 Å². The van der Waals surface area contributed by atoms with E-state index in [1.165, 1.54) is 24.3 Å². The fourth-order valence-corrected chi connectivity index (χ4v) is 2.20. The second kappa shape index (κ2) is 7.55. The van der Waals surface area contributed by atoms with Crippen LogP contribution in [0, 0.1) is 0 Å². The summed E-state index contributed by atoms with van der Waals surface area (Å²) in [5.74, 6) is -1.32. The molecule has 2 aromatic rings. The Labute approximate surface area is 146 Å². The summed E-state index contributed by atoms with van der Waals surface area (Å²) in [5, 5.41) is 12.2. The zero-order valence-corrected chi connectivity index (χ0v) is 13.7. The van der Waals surface area contributed by atoms with Gasteiger partial charge in [-0.25, -0.2) is 4.79 Å². The summed E-state index contributed by atoms with van der Waals surface area (Å²) in [7, 11) is 0. The first-order valence-electron chi connectivity index (χ1n) is 6.27. The van der Waals surface area contributed by atoms with Gasteiger partial charge in [0.2, 0.25) is 0 Å². The third-order valence-corrected chi connectivity index (χ3v) is 3.78. The van der Waals surface area contributed by atoms with E-state index in [1.54, 1.807) is 12.1 Å². The van der Waals surface area contributed by atoms with Gasteiger partial charge in [-0.2, -0.15) is 0 Å². The van der Waals surface area contributed by atoms with Crippen molar-refractivity contribution in [1.29, 1.82) is 0 Å².